The van der Waals surface area contributed by atoms with Gasteiger partial charge in [0.1, 0.15) is 0 Å². The van der Waals surface area contributed by atoms with Crippen molar-refractivity contribution in [3.8, 4) is 0 Å². The van der Waals surface area contributed by atoms with Gasteiger partial charge in [-0.25, -0.2) is 0 Å². The van der Waals surface area contributed by atoms with E-state index in [9.17, 15) is 0 Å². The fraction of sp³-hybridized carbons (Fsp3) is 0.400. The number of benzene rings is 1. The third-order valence-corrected chi connectivity index (χ3v) is 2.97. The maximum atomic E-state index is 8.97. The summed E-state index contributed by atoms with van der Waals surface area (Å²) in [4.78, 5) is 0. The summed E-state index contributed by atoms with van der Waals surface area (Å²) in [6.45, 7) is 9.41. The third-order valence-electron chi connectivity index (χ3n) is 2.97. The number of hydrogen-bond donors (Lipinski definition) is 1. The average molecular weight is 244 g/mol. The Bertz CT molecular complexity index is 588. The van der Waals surface area contributed by atoms with E-state index in [1.165, 1.54) is 5.52 Å². The minimum atomic E-state index is 0.212. The van der Waals surface area contributed by atoms with Gasteiger partial charge in [-0.2, -0.15) is 0 Å². The molecule has 0 radical (unpaired) electrons. The molecule has 2 aromatic rings. The Morgan fingerprint density at radius 1 is 1.28 bits per heavy atom. The van der Waals surface area contributed by atoms with Gasteiger partial charge in [-0.05, 0) is 18.4 Å². The van der Waals surface area contributed by atoms with Gasteiger partial charge in [-0.15, -0.1) is 0 Å². The summed E-state index contributed by atoms with van der Waals surface area (Å²) >= 11 is 0. The second-order valence-electron chi connectivity index (χ2n) is 5.93. The third kappa shape index (κ3) is 2.40. The highest BCUT2D eigenvalue weighted by atomic mass is 16.4. The second-order valence-corrected chi connectivity index (χ2v) is 5.93. The highest BCUT2D eigenvalue weighted by Crippen LogP contribution is 2.26. The SMILES string of the molecule is C/C(=N/O)c1cn(CC(C)(C)C)c2ccccc12. The smallest absolute Gasteiger partial charge is 0.0858 e. The van der Waals surface area contributed by atoms with Gasteiger partial charge >= 0.3 is 0 Å². The van der Waals surface area contributed by atoms with Crippen molar-refractivity contribution < 1.29 is 5.21 Å². The van der Waals surface area contributed by atoms with Crippen LogP contribution in [0.4, 0.5) is 0 Å². The first-order chi connectivity index (χ1) is 8.42. The van der Waals surface area contributed by atoms with E-state index in [1.54, 1.807) is 0 Å². The van der Waals surface area contributed by atoms with E-state index in [4.69, 9.17) is 5.21 Å². The number of nitrogens with zero attached hydrogens (tertiary/aromatic N) is 2. The first-order valence-corrected chi connectivity index (χ1v) is 6.19. The van der Waals surface area contributed by atoms with E-state index < -0.39 is 0 Å². The summed E-state index contributed by atoms with van der Waals surface area (Å²) in [5.74, 6) is 0. The van der Waals surface area contributed by atoms with E-state index >= 15 is 0 Å². The molecule has 2 rings (SSSR count). The monoisotopic (exact) mass is 244 g/mol. The molecule has 0 bridgehead atoms. The first-order valence-electron chi connectivity index (χ1n) is 6.19. The van der Waals surface area contributed by atoms with E-state index in [0.29, 0.717) is 5.71 Å². The van der Waals surface area contributed by atoms with Crippen LogP contribution < -0.4 is 0 Å². The zero-order chi connectivity index (χ0) is 13.3. The summed E-state index contributed by atoms with van der Waals surface area (Å²) in [5.41, 5.74) is 3.05. The predicted octanol–water partition coefficient (Wildman–Crippen LogP) is 3.89. The Morgan fingerprint density at radius 3 is 2.56 bits per heavy atom. The van der Waals surface area contributed by atoms with Gasteiger partial charge in [0.15, 0.2) is 0 Å². The lowest BCUT2D eigenvalue weighted by molar-refractivity contribution is 0.319. The van der Waals surface area contributed by atoms with Gasteiger partial charge in [0.25, 0.3) is 0 Å². The van der Waals surface area contributed by atoms with Crippen LogP contribution in [-0.2, 0) is 6.54 Å². The zero-order valence-corrected chi connectivity index (χ0v) is 11.4. The average Bonchev–Trinajstić information content (AvgIpc) is 2.65. The topological polar surface area (TPSA) is 37.5 Å². The molecule has 1 heterocycles. The lowest BCUT2D eigenvalue weighted by Gasteiger charge is -2.19. The molecule has 0 saturated carbocycles. The molecule has 1 N–H and O–H groups in total. The second kappa shape index (κ2) is 4.48. The fourth-order valence-corrected chi connectivity index (χ4v) is 2.23. The van der Waals surface area contributed by atoms with E-state index in [2.05, 4.69) is 48.8 Å². The van der Waals surface area contributed by atoms with Gasteiger partial charge in [0.05, 0.1) is 5.71 Å². The van der Waals surface area contributed by atoms with Crippen LogP contribution in [0.5, 0.6) is 0 Å². The number of oxime groups is 1. The molecule has 0 atom stereocenters. The van der Waals surface area contributed by atoms with Crippen LogP contribution in [0.25, 0.3) is 10.9 Å². The van der Waals surface area contributed by atoms with E-state index in [-0.39, 0.29) is 5.41 Å². The van der Waals surface area contributed by atoms with Crippen LogP contribution in [0, 0.1) is 5.41 Å². The summed E-state index contributed by atoms with van der Waals surface area (Å²) in [7, 11) is 0. The molecule has 0 amide bonds. The van der Waals surface area contributed by atoms with Crippen LogP contribution in [-0.4, -0.2) is 15.5 Å². The Kier molecular flexibility index (Phi) is 3.16. The predicted molar refractivity (Wildman–Crippen MR) is 75.4 cm³/mol. The number of aromatic nitrogens is 1. The molecular weight excluding hydrogens is 224 g/mol. The summed E-state index contributed by atoms with van der Waals surface area (Å²) in [5, 5.41) is 13.4. The molecule has 0 aliphatic carbocycles. The molecule has 0 aliphatic rings. The van der Waals surface area contributed by atoms with Gasteiger partial charge in [0, 0.05) is 29.2 Å². The summed E-state index contributed by atoms with van der Waals surface area (Å²) in [6.07, 6.45) is 2.07. The molecule has 3 nitrogen and oxygen atoms in total. The van der Waals surface area contributed by atoms with Crippen molar-refractivity contribution in [3.05, 3.63) is 36.0 Å². The number of rotatable bonds is 2. The Balaban J connectivity index is 2.62. The summed E-state index contributed by atoms with van der Waals surface area (Å²) in [6, 6.07) is 8.22. The van der Waals surface area contributed by atoms with E-state index in [1.807, 2.05) is 19.1 Å². The minimum Gasteiger partial charge on any atom is -0.411 e. The molecule has 0 fully saturated rings. The van der Waals surface area contributed by atoms with E-state index in [0.717, 1.165) is 17.5 Å². The largest absolute Gasteiger partial charge is 0.411 e. The molecule has 3 heteroatoms. The molecule has 1 aromatic carbocycles. The Hall–Kier alpha value is -1.77. The fourth-order valence-electron chi connectivity index (χ4n) is 2.23. The number of hydrogen-bond acceptors (Lipinski definition) is 2. The molecule has 96 valence electrons. The molecular formula is C15H20N2O. The van der Waals surface area contributed by atoms with Crippen molar-refractivity contribution in [2.24, 2.45) is 10.6 Å². The zero-order valence-electron chi connectivity index (χ0n) is 11.4. The Morgan fingerprint density at radius 2 is 1.94 bits per heavy atom. The lowest BCUT2D eigenvalue weighted by Crippen LogP contribution is -2.14. The summed E-state index contributed by atoms with van der Waals surface area (Å²) < 4.78 is 2.24. The van der Waals surface area contributed by atoms with Gasteiger partial charge in [0.2, 0.25) is 0 Å². The van der Waals surface area contributed by atoms with Crippen LogP contribution >= 0.6 is 0 Å². The molecule has 18 heavy (non-hydrogen) atoms. The van der Waals surface area contributed by atoms with Crippen LogP contribution in [0.15, 0.2) is 35.6 Å². The Labute approximate surface area is 108 Å². The standard InChI is InChI=1S/C15H20N2O/c1-11(16-18)13-9-17(10-15(2,3)4)14-8-6-5-7-12(13)14/h5-9,18H,10H2,1-4H3/b16-11-. The van der Waals surface area contributed by atoms with Crippen LogP contribution in [0.1, 0.15) is 33.3 Å². The van der Waals surface area contributed by atoms with Crippen molar-refractivity contribution in [1.29, 1.82) is 0 Å². The number of fused-ring (bicyclic) bond motifs is 1. The normalized spacial score (nSPS) is 13.2. The van der Waals surface area contributed by atoms with Crippen molar-refractivity contribution >= 4 is 16.6 Å². The quantitative estimate of drug-likeness (QED) is 0.486. The molecule has 0 unspecified atom stereocenters. The minimum absolute atomic E-state index is 0.212. The van der Waals surface area contributed by atoms with Crippen LogP contribution in [0.3, 0.4) is 0 Å². The molecule has 0 spiro atoms. The first kappa shape index (κ1) is 12.7. The van der Waals surface area contributed by atoms with Gasteiger partial charge < -0.3 is 9.77 Å². The van der Waals surface area contributed by atoms with Crippen molar-refractivity contribution in [2.75, 3.05) is 0 Å². The van der Waals surface area contributed by atoms with Crippen molar-refractivity contribution in [3.63, 3.8) is 0 Å². The van der Waals surface area contributed by atoms with Crippen LogP contribution in [0.2, 0.25) is 0 Å². The lowest BCUT2D eigenvalue weighted by atomic mass is 9.97. The van der Waals surface area contributed by atoms with Crippen molar-refractivity contribution in [2.45, 2.75) is 34.2 Å². The molecule has 1 aromatic heterocycles. The van der Waals surface area contributed by atoms with Gasteiger partial charge in [-0.3, -0.25) is 0 Å². The van der Waals surface area contributed by atoms with Gasteiger partial charge in [-0.1, -0.05) is 44.1 Å². The maximum Gasteiger partial charge on any atom is 0.0858 e. The molecule has 0 aliphatic heterocycles. The maximum absolute atomic E-state index is 8.97. The number of para-hydroxylation sites is 1. The highest BCUT2D eigenvalue weighted by Gasteiger charge is 2.16. The highest BCUT2D eigenvalue weighted by molar-refractivity contribution is 6.09. The molecule has 0 saturated heterocycles. The van der Waals surface area contributed by atoms with Crippen molar-refractivity contribution in [1.82, 2.24) is 4.57 Å².